The van der Waals surface area contributed by atoms with Gasteiger partial charge in [0, 0.05) is 6.07 Å². The molecule has 0 bridgehead atoms. The van der Waals surface area contributed by atoms with Gasteiger partial charge in [-0.2, -0.15) is 8.78 Å². The summed E-state index contributed by atoms with van der Waals surface area (Å²) in [6.07, 6.45) is -3.89. The van der Waals surface area contributed by atoms with Crippen LogP contribution in [0.5, 0.6) is 0 Å². The first kappa shape index (κ1) is 10.9. The van der Waals surface area contributed by atoms with E-state index in [0.717, 1.165) is 0 Å². The predicted molar refractivity (Wildman–Crippen MR) is 42.1 cm³/mol. The van der Waals surface area contributed by atoms with Gasteiger partial charge in [0.1, 0.15) is 0 Å². The standard InChI is InChI=1S/C6H4F4N2OS/c7-4(8)6(9,10)2-1-3(13)12-5(14)11-2/h1,4H,(H2,11,12,13,14). The third-order valence-corrected chi connectivity index (χ3v) is 1.60. The van der Waals surface area contributed by atoms with Gasteiger partial charge in [0.15, 0.2) is 4.77 Å². The zero-order valence-corrected chi connectivity index (χ0v) is 7.30. The highest BCUT2D eigenvalue weighted by Gasteiger charge is 2.43. The molecule has 0 aliphatic carbocycles. The molecular weight excluding hydrogens is 224 g/mol. The fraction of sp³-hybridized carbons (Fsp3) is 0.333. The number of rotatable bonds is 2. The van der Waals surface area contributed by atoms with Gasteiger partial charge in [-0.1, -0.05) is 0 Å². The molecule has 0 atom stereocenters. The molecule has 0 amide bonds. The predicted octanol–water partition coefficient (Wildman–Crippen LogP) is 1.79. The lowest BCUT2D eigenvalue weighted by Gasteiger charge is -2.14. The molecule has 78 valence electrons. The summed E-state index contributed by atoms with van der Waals surface area (Å²) in [5.74, 6) is -4.40. The van der Waals surface area contributed by atoms with Gasteiger partial charge in [-0.25, -0.2) is 8.78 Å². The second kappa shape index (κ2) is 3.52. The molecule has 0 aromatic carbocycles. The Balaban J connectivity index is 3.33. The molecule has 1 rings (SSSR count). The Morgan fingerprint density at radius 2 is 1.93 bits per heavy atom. The van der Waals surface area contributed by atoms with Crippen LogP contribution in [-0.2, 0) is 5.92 Å². The second-order valence-electron chi connectivity index (χ2n) is 2.43. The summed E-state index contributed by atoms with van der Waals surface area (Å²) in [5.41, 5.74) is -2.15. The number of nitrogens with one attached hydrogen (secondary N) is 2. The molecule has 0 fully saturated rings. The van der Waals surface area contributed by atoms with Gasteiger partial charge in [-0.15, -0.1) is 0 Å². The lowest BCUT2D eigenvalue weighted by Crippen LogP contribution is -2.27. The number of aromatic nitrogens is 2. The number of hydrogen-bond acceptors (Lipinski definition) is 2. The Kier molecular flexibility index (Phi) is 2.74. The van der Waals surface area contributed by atoms with E-state index in [-0.39, 0.29) is 0 Å². The van der Waals surface area contributed by atoms with Crippen molar-refractivity contribution in [1.82, 2.24) is 9.97 Å². The van der Waals surface area contributed by atoms with Crippen molar-refractivity contribution in [3.8, 4) is 0 Å². The maximum absolute atomic E-state index is 12.7. The minimum atomic E-state index is -4.40. The molecule has 3 nitrogen and oxygen atoms in total. The quantitative estimate of drug-likeness (QED) is 0.598. The number of H-pyrrole nitrogens is 2. The van der Waals surface area contributed by atoms with E-state index in [2.05, 4.69) is 12.2 Å². The molecule has 1 aromatic rings. The van der Waals surface area contributed by atoms with Gasteiger partial charge in [-0.05, 0) is 12.2 Å². The van der Waals surface area contributed by atoms with Gasteiger partial charge in [-0.3, -0.25) is 9.78 Å². The van der Waals surface area contributed by atoms with Crippen molar-refractivity contribution in [2.24, 2.45) is 0 Å². The van der Waals surface area contributed by atoms with Crippen molar-refractivity contribution in [3.05, 3.63) is 26.9 Å². The Morgan fingerprint density at radius 3 is 2.36 bits per heavy atom. The molecule has 1 aromatic heterocycles. The number of alkyl halides is 4. The normalized spacial score (nSPS) is 12.1. The zero-order valence-electron chi connectivity index (χ0n) is 6.48. The van der Waals surface area contributed by atoms with E-state index in [1.807, 2.05) is 4.98 Å². The van der Waals surface area contributed by atoms with Crippen molar-refractivity contribution in [2.45, 2.75) is 12.3 Å². The van der Waals surface area contributed by atoms with Crippen molar-refractivity contribution >= 4 is 12.2 Å². The average Bonchev–Trinajstić information content (AvgIpc) is 2.01. The summed E-state index contributed by atoms with van der Waals surface area (Å²) in [4.78, 5) is 14.4. The summed E-state index contributed by atoms with van der Waals surface area (Å²) >= 11 is 4.35. The fourth-order valence-corrected chi connectivity index (χ4v) is 0.976. The maximum Gasteiger partial charge on any atom is 0.347 e. The van der Waals surface area contributed by atoms with E-state index in [1.165, 1.54) is 0 Å². The van der Waals surface area contributed by atoms with Crippen molar-refractivity contribution in [3.63, 3.8) is 0 Å². The SMILES string of the molecule is O=c1cc(C(F)(F)C(F)F)[nH]c(=S)[nH]1. The smallest absolute Gasteiger partial charge is 0.330 e. The molecule has 0 radical (unpaired) electrons. The van der Waals surface area contributed by atoms with Crippen LogP contribution in [0.25, 0.3) is 0 Å². The number of aromatic amines is 2. The Labute approximate surface area is 79.8 Å². The van der Waals surface area contributed by atoms with Crippen LogP contribution in [0.2, 0.25) is 0 Å². The van der Waals surface area contributed by atoms with Gasteiger partial charge < -0.3 is 4.98 Å². The highest BCUT2D eigenvalue weighted by molar-refractivity contribution is 7.71. The molecule has 1 heterocycles. The first-order valence-electron chi connectivity index (χ1n) is 3.34. The highest BCUT2D eigenvalue weighted by Crippen LogP contribution is 2.32. The van der Waals surface area contributed by atoms with E-state index < -0.39 is 28.4 Å². The highest BCUT2D eigenvalue weighted by atomic mass is 32.1. The van der Waals surface area contributed by atoms with Gasteiger partial charge >= 0.3 is 12.3 Å². The molecule has 0 saturated heterocycles. The van der Waals surface area contributed by atoms with Crippen molar-refractivity contribution < 1.29 is 17.6 Å². The number of hydrogen-bond donors (Lipinski definition) is 2. The first-order chi connectivity index (χ1) is 6.34. The molecule has 0 saturated carbocycles. The van der Waals surface area contributed by atoms with Crippen LogP contribution >= 0.6 is 12.2 Å². The van der Waals surface area contributed by atoms with Gasteiger partial charge in [0.25, 0.3) is 5.56 Å². The summed E-state index contributed by atoms with van der Waals surface area (Å²) in [7, 11) is 0. The zero-order chi connectivity index (χ0) is 10.9. The molecule has 0 aliphatic rings. The van der Waals surface area contributed by atoms with Crippen LogP contribution in [0, 0.1) is 4.77 Å². The van der Waals surface area contributed by atoms with E-state index in [4.69, 9.17) is 0 Å². The van der Waals surface area contributed by atoms with E-state index in [9.17, 15) is 22.4 Å². The minimum absolute atomic E-state index is 0.349. The van der Waals surface area contributed by atoms with Crippen LogP contribution in [-0.4, -0.2) is 16.4 Å². The monoisotopic (exact) mass is 228 g/mol. The molecule has 8 heteroatoms. The Bertz CT molecular complexity index is 410. The van der Waals surface area contributed by atoms with Crippen molar-refractivity contribution in [2.75, 3.05) is 0 Å². The number of halogens is 4. The van der Waals surface area contributed by atoms with Crippen molar-refractivity contribution in [1.29, 1.82) is 0 Å². The Morgan fingerprint density at radius 1 is 1.36 bits per heavy atom. The lowest BCUT2D eigenvalue weighted by molar-refractivity contribution is -0.138. The van der Waals surface area contributed by atoms with Crippen LogP contribution in [0.4, 0.5) is 17.6 Å². The third kappa shape index (κ3) is 2.00. The molecule has 14 heavy (non-hydrogen) atoms. The summed E-state index contributed by atoms with van der Waals surface area (Å²) in [6.45, 7) is 0. The Hall–Kier alpha value is -1.18. The maximum atomic E-state index is 12.7. The van der Waals surface area contributed by atoms with Gasteiger partial charge in [0.05, 0.1) is 5.69 Å². The van der Waals surface area contributed by atoms with E-state index in [1.54, 1.807) is 4.98 Å². The fourth-order valence-electron chi connectivity index (χ4n) is 0.766. The summed E-state index contributed by atoms with van der Waals surface area (Å²) in [6, 6.07) is 0.349. The molecule has 0 aliphatic heterocycles. The third-order valence-electron chi connectivity index (χ3n) is 1.39. The van der Waals surface area contributed by atoms with Crippen LogP contribution in [0.15, 0.2) is 10.9 Å². The lowest BCUT2D eigenvalue weighted by atomic mass is 10.2. The van der Waals surface area contributed by atoms with Crippen LogP contribution in [0.1, 0.15) is 5.69 Å². The molecule has 2 N–H and O–H groups in total. The van der Waals surface area contributed by atoms with Gasteiger partial charge in [0.2, 0.25) is 0 Å². The largest absolute Gasteiger partial charge is 0.347 e. The first-order valence-corrected chi connectivity index (χ1v) is 3.75. The van der Waals surface area contributed by atoms with E-state index >= 15 is 0 Å². The van der Waals surface area contributed by atoms with Crippen LogP contribution < -0.4 is 5.56 Å². The summed E-state index contributed by atoms with van der Waals surface area (Å²) < 4.78 is 48.6. The topological polar surface area (TPSA) is 48.6 Å². The minimum Gasteiger partial charge on any atom is -0.330 e. The van der Waals surface area contributed by atoms with E-state index in [0.29, 0.717) is 6.07 Å². The van der Waals surface area contributed by atoms with Crippen LogP contribution in [0.3, 0.4) is 0 Å². The summed E-state index contributed by atoms with van der Waals surface area (Å²) in [5, 5.41) is 0. The average molecular weight is 228 g/mol. The molecular formula is C6H4F4N2OS. The molecule has 0 spiro atoms. The second-order valence-corrected chi connectivity index (χ2v) is 2.83. The molecule has 0 unspecified atom stereocenters.